The number of hydrogen-bond donors (Lipinski definition) is 3. The normalized spacial score (nSPS) is 13.4. The van der Waals surface area contributed by atoms with Crippen LogP contribution in [0.25, 0.3) is 11.1 Å². The SMILES string of the molecule is C=C(c1ccccc1)c1ccccc1NC(=O)C(CCC)N/C(=C\CC)OC(C)C/C(=C\C(=C/N)C(F)(F)F)c1cnc(CF)nc1.CCCC. The van der Waals surface area contributed by atoms with Crippen molar-refractivity contribution in [3.8, 4) is 0 Å². The minimum absolute atomic E-state index is 0.00585. The molecule has 1 heterocycles. The molecule has 0 fully saturated rings. The number of rotatable bonds is 17. The molecule has 51 heavy (non-hydrogen) atoms. The lowest BCUT2D eigenvalue weighted by atomic mass is 9.98. The maximum Gasteiger partial charge on any atom is 0.417 e. The fourth-order valence-electron chi connectivity index (χ4n) is 4.76. The van der Waals surface area contributed by atoms with Gasteiger partial charge in [-0.2, -0.15) is 13.2 Å². The molecule has 7 nitrogen and oxygen atoms in total. The van der Waals surface area contributed by atoms with Crippen LogP contribution in [0.5, 0.6) is 0 Å². The lowest BCUT2D eigenvalue weighted by Crippen LogP contribution is -2.41. The molecule has 4 N–H and O–H groups in total. The van der Waals surface area contributed by atoms with Crippen LogP contribution in [0.4, 0.5) is 23.2 Å². The highest BCUT2D eigenvalue weighted by Gasteiger charge is 2.32. The number of benzene rings is 2. The van der Waals surface area contributed by atoms with Crippen LogP contribution >= 0.6 is 0 Å². The van der Waals surface area contributed by atoms with Gasteiger partial charge in [0.05, 0.1) is 5.57 Å². The third-order valence-corrected chi connectivity index (χ3v) is 7.60. The van der Waals surface area contributed by atoms with Crippen molar-refractivity contribution in [2.24, 2.45) is 5.73 Å². The number of allylic oxidation sites excluding steroid dienone is 3. The quantitative estimate of drug-likeness (QED) is 0.0733. The highest BCUT2D eigenvalue weighted by molar-refractivity contribution is 5.98. The molecule has 3 aromatic rings. The number of ether oxygens (including phenoxy) is 1. The molecule has 0 spiro atoms. The van der Waals surface area contributed by atoms with Gasteiger partial charge in [0.25, 0.3) is 0 Å². The van der Waals surface area contributed by atoms with Gasteiger partial charge >= 0.3 is 6.18 Å². The predicted octanol–water partition coefficient (Wildman–Crippen LogP) is 10.0. The summed E-state index contributed by atoms with van der Waals surface area (Å²) < 4.78 is 60.0. The Labute approximate surface area is 299 Å². The van der Waals surface area contributed by atoms with E-state index in [0.717, 1.165) is 22.8 Å². The highest BCUT2D eigenvalue weighted by Crippen LogP contribution is 2.31. The van der Waals surface area contributed by atoms with Gasteiger partial charge in [0.1, 0.15) is 18.8 Å². The largest absolute Gasteiger partial charge is 0.476 e. The van der Waals surface area contributed by atoms with Crippen LogP contribution in [-0.2, 0) is 16.2 Å². The lowest BCUT2D eigenvalue weighted by molar-refractivity contribution is -0.118. The third kappa shape index (κ3) is 14.1. The van der Waals surface area contributed by atoms with E-state index in [9.17, 15) is 22.4 Å². The highest BCUT2D eigenvalue weighted by atomic mass is 19.4. The molecule has 0 saturated heterocycles. The molecule has 0 aliphatic rings. The van der Waals surface area contributed by atoms with Crippen LogP contribution in [0.15, 0.2) is 103 Å². The van der Waals surface area contributed by atoms with Crippen LogP contribution in [-0.4, -0.2) is 34.2 Å². The van der Waals surface area contributed by atoms with E-state index >= 15 is 0 Å². The molecule has 2 atom stereocenters. The average Bonchev–Trinajstić information content (AvgIpc) is 3.13. The second-order valence-corrected chi connectivity index (χ2v) is 11.8. The van der Waals surface area contributed by atoms with Gasteiger partial charge < -0.3 is 21.1 Å². The Bertz CT molecular complexity index is 1600. The number of amides is 1. The monoisotopic (exact) mass is 709 g/mol. The average molecular weight is 710 g/mol. The Balaban J connectivity index is 0.00000213. The van der Waals surface area contributed by atoms with Gasteiger partial charge in [0, 0.05) is 41.8 Å². The van der Waals surface area contributed by atoms with E-state index in [2.05, 4.69) is 41.0 Å². The number of alkyl halides is 4. The van der Waals surface area contributed by atoms with Crippen molar-refractivity contribution in [2.75, 3.05) is 5.32 Å². The molecule has 1 aromatic heterocycles. The molecule has 2 unspecified atom stereocenters. The topological polar surface area (TPSA) is 102 Å². The molecule has 0 aliphatic carbocycles. The molecular formula is C40H51F4N5O2. The lowest BCUT2D eigenvalue weighted by Gasteiger charge is -2.25. The Morgan fingerprint density at radius 2 is 1.59 bits per heavy atom. The minimum Gasteiger partial charge on any atom is -0.476 e. The molecule has 0 radical (unpaired) electrons. The number of nitrogens with one attached hydrogen (secondary N) is 2. The Morgan fingerprint density at radius 1 is 0.961 bits per heavy atom. The zero-order valence-corrected chi connectivity index (χ0v) is 30.2. The van der Waals surface area contributed by atoms with Gasteiger partial charge in [-0.15, -0.1) is 0 Å². The first-order valence-electron chi connectivity index (χ1n) is 17.3. The maximum absolute atomic E-state index is 13.6. The van der Waals surface area contributed by atoms with E-state index in [1.54, 1.807) is 13.0 Å². The number of unbranched alkanes of at least 4 members (excludes halogenated alkanes) is 1. The molecule has 0 aliphatic heterocycles. The molecule has 0 bridgehead atoms. The van der Waals surface area contributed by atoms with Gasteiger partial charge in [-0.1, -0.05) is 102 Å². The summed E-state index contributed by atoms with van der Waals surface area (Å²) in [7, 11) is 0. The first kappa shape index (κ1) is 42.2. The standard InChI is InChI=1S/C36H41F4N5O2.C4H10/c1-5-12-32(35(46)45-31-17-11-10-16-30(31)25(4)26-14-8-7-9-15-26)44-34(13-6-2)47-24(3)18-27(19-29(21-41)36(38,39)40)28-22-42-33(20-37)43-23-28;1-3-4-2/h7-11,13-17,19,21-24,32,44H,4-6,12,18,20,41H2,1-3H3,(H,45,46);3-4H2,1-2H3/b27-19+,29-21+,34-13+;. The Morgan fingerprint density at radius 3 is 2.14 bits per heavy atom. The smallest absolute Gasteiger partial charge is 0.417 e. The Hall–Kier alpha value is -4.93. The summed E-state index contributed by atoms with van der Waals surface area (Å²) >= 11 is 0. The van der Waals surface area contributed by atoms with Crippen LogP contribution in [0.2, 0.25) is 0 Å². The van der Waals surface area contributed by atoms with Crippen molar-refractivity contribution in [2.45, 2.75) is 98.1 Å². The van der Waals surface area contributed by atoms with Gasteiger partial charge in [0.2, 0.25) is 5.91 Å². The maximum atomic E-state index is 13.6. The predicted molar refractivity (Wildman–Crippen MR) is 199 cm³/mol. The van der Waals surface area contributed by atoms with Gasteiger partial charge in [-0.3, -0.25) is 4.79 Å². The zero-order valence-electron chi connectivity index (χ0n) is 30.2. The van der Waals surface area contributed by atoms with E-state index < -0.39 is 30.6 Å². The third-order valence-electron chi connectivity index (χ3n) is 7.60. The number of halogens is 4. The van der Waals surface area contributed by atoms with Crippen LogP contribution < -0.4 is 16.4 Å². The number of nitrogens with zero attached hydrogens (tertiary/aromatic N) is 2. The van der Waals surface area contributed by atoms with Gasteiger partial charge in [-0.25, -0.2) is 14.4 Å². The number of para-hydroxylation sites is 1. The van der Waals surface area contributed by atoms with Crippen molar-refractivity contribution in [1.29, 1.82) is 0 Å². The number of nitrogens with two attached hydrogens (primary N) is 1. The van der Waals surface area contributed by atoms with E-state index in [0.29, 0.717) is 37.0 Å². The van der Waals surface area contributed by atoms with E-state index in [4.69, 9.17) is 10.5 Å². The zero-order chi connectivity index (χ0) is 37.8. The van der Waals surface area contributed by atoms with Gasteiger partial charge in [0.15, 0.2) is 11.7 Å². The van der Waals surface area contributed by atoms with Crippen LogP contribution in [0.3, 0.4) is 0 Å². The Kier molecular flexibility index (Phi) is 18.2. The molecular weight excluding hydrogens is 658 g/mol. The molecule has 2 aromatic carbocycles. The molecule has 1 amide bonds. The van der Waals surface area contributed by atoms with Crippen molar-refractivity contribution in [3.63, 3.8) is 0 Å². The summed E-state index contributed by atoms with van der Waals surface area (Å²) in [4.78, 5) is 21.4. The van der Waals surface area contributed by atoms with Crippen LogP contribution in [0.1, 0.15) is 95.7 Å². The summed E-state index contributed by atoms with van der Waals surface area (Å²) in [5, 5.41) is 6.23. The van der Waals surface area contributed by atoms with E-state index in [1.807, 2.05) is 68.4 Å². The second-order valence-electron chi connectivity index (χ2n) is 11.8. The molecule has 0 saturated carbocycles. The number of carbonyl (C=O) groups is 1. The summed E-state index contributed by atoms with van der Waals surface area (Å²) in [5.74, 6) is -0.0659. The number of anilines is 1. The summed E-state index contributed by atoms with van der Waals surface area (Å²) in [6.45, 7) is 13.2. The van der Waals surface area contributed by atoms with Crippen molar-refractivity contribution < 1.29 is 27.1 Å². The first-order chi connectivity index (χ1) is 24.4. The fourth-order valence-corrected chi connectivity index (χ4v) is 4.76. The number of hydrogen-bond acceptors (Lipinski definition) is 6. The molecule has 276 valence electrons. The summed E-state index contributed by atoms with van der Waals surface area (Å²) in [6, 6.07) is 16.4. The summed E-state index contributed by atoms with van der Waals surface area (Å²) in [6.07, 6.45) is 4.66. The van der Waals surface area contributed by atoms with E-state index in [-0.39, 0.29) is 29.3 Å². The summed E-state index contributed by atoms with van der Waals surface area (Å²) in [5.41, 5.74) is 7.76. The van der Waals surface area contributed by atoms with E-state index in [1.165, 1.54) is 25.2 Å². The fraction of sp³-hybridized carbons (Fsp3) is 0.375. The number of carbonyl (C=O) groups excluding carboxylic acids is 1. The first-order valence-corrected chi connectivity index (χ1v) is 17.3. The second kappa shape index (κ2) is 22.0. The minimum atomic E-state index is -4.70. The number of aromatic nitrogens is 2. The molecule has 3 rings (SSSR count). The van der Waals surface area contributed by atoms with Gasteiger partial charge in [-0.05, 0) is 54.7 Å². The van der Waals surface area contributed by atoms with Crippen molar-refractivity contribution in [3.05, 3.63) is 126 Å². The van der Waals surface area contributed by atoms with Crippen molar-refractivity contribution in [1.82, 2.24) is 15.3 Å². The van der Waals surface area contributed by atoms with Crippen LogP contribution in [0, 0.1) is 0 Å². The van der Waals surface area contributed by atoms with Crippen molar-refractivity contribution >= 4 is 22.7 Å². The molecule has 11 heteroatoms.